The highest BCUT2D eigenvalue weighted by molar-refractivity contribution is 7.99. The van der Waals surface area contributed by atoms with Crippen molar-refractivity contribution in [1.29, 1.82) is 0 Å². The molecule has 106 valence electrons. The fraction of sp³-hybridized carbons (Fsp3) is 0.333. The second-order valence-electron chi connectivity index (χ2n) is 5.58. The highest BCUT2D eigenvalue weighted by Gasteiger charge is 2.19. The van der Waals surface area contributed by atoms with Gasteiger partial charge in [-0.25, -0.2) is 9.78 Å². The minimum Gasteiger partial charge on any atom is -0.478 e. The van der Waals surface area contributed by atoms with Gasteiger partial charge < -0.3 is 9.52 Å². The number of hydrogen-bond donors (Lipinski definition) is 1. The van der Waals surface area contributed by atoms with Crippen molar-refractivity contribution in [3.05, 3.63) is 41.5 Å². The maximum absolute atomic E-state index is 11.2. The number of hydrogen-bond acceptors (Lipinski definition) is 4. The number of aromatic carboxylic acids is 1. The summed E-state index contributed by atoms with van der Waals surface area (Å²) in [6.45, 7) is 7.91. The van der Waals surface area contributed by atoms with Gasteiger partial charge in [0.2, 0.25) is 0 Å². The standard InChI is InChI=1S/C15H17NO3S/c1-9-11(5-6-19-9)20-13-8-10(14(17)18)7-12(16-13)15(2,3)4/h5-8H,1-4H3,(H,17,18). The number of aromatic nitrogens is 1. The first-order valence-electron chi connectivity index (χ1n) is 6.25. The Hall–Kier alpha value is -1.75. The third kappa shape index (κ3) is 3.22. The monoisotopic (exact) mass is 291 g/mol. The third-order valence-corrected chi connectivity index (χ3v) is 3.90. The summed E-state index contributed by atoms with van der Waals surface area (Å²) < 4.78 is 5.25. The molecule has 5 heteroatoms. The molecule has 0 saturated carbocycles. The maximum atomic E-state index is 11.2. The van der Waals surface area contributed by atoms with Gasteiger partial charge in [-0.15, -0.1) is 0 Å². The van der Waals surface area contributed by atoms with Crippen molar-refractivity contribution >= 4 is 17.7 Å². The molecule has 1 N–H and O–H groups in total. The van der Waals surface area contributed by atoms with Crippen molar-refractivity contribution in [2.45, 2.75) is 43.0 Å². The minimum atomic E-state index is -0.941. The van der Waals surface area contributed by atoms with Gasteiger partial charge in [0, 0.05) is 11.1 Å². The van der Waals surface area contributed by atoms with Crippen LogP contribution in [0.2, 0.25) is 0 Å². The number of nitrogens with zero attached hydrogens (tertiary/aromatic N) is 1. The fourth-order valence-corrected chi connectivity index (χ4v) is 2.53. The van der Waals surface area contributed by atoms with Gasteiger partial charge in [0.05, 0.1) is 16.7 Å². The van der Waals surface area contributed by atoms with E-state index in [0.29, 0.717) is 5.03 Å². The fourth-order valence-electron chi connectivity index (χ4n) is 1.66. The van der Waals surface area contributed by atoms with Gasteiger partial charge in [-0.05, 0) is 25.1 Å². The highest BCUT2D eigenvalue weighted by Crippen LogP contribution is 2.32. The van der Waals surface area contributed by atoms with E-state index in [2.05, 4.69) is 4.98 Å². The zero-order valence-electron chi connectivity index (χ0n) is 11.9. The van der Waals surface area contributed by atoms with E-state index >= 15 is 0 Å². The number of furan rings is 1. The smallest absolute Gasteiger partial charge is 0.335 e. The molecule has 0 unspecified atom stereocenters. The molecule has 2 aromatic heterocycles. The lowest BCUT2D eigenvalue weighted by Crippen LogP contribution is -2.15. The number of rotatable bonds is 3. The van der Waals surface area contributed by atoms with Crippen molar-refractivity contribution in [2.24, 2.45) is 0 Å². The molecular formula is C15H17NO3S. The molecule has 2 heterocycles. The van der Waals surface area contributed by atoms with Crippen LogP contribution in [0.5, 0.6) is 0 Å². The summed E-state index contributed by atoms with van der Waals surface area (Å²) in [6.07, 6.45) is 1.61. The van der Waals surface area contributed by atoms with Crippen LogP contribution in [0.3, 0.4) is 0 Å². The average Bonchev–Trinajstić information content (AvgIpc) is 2.73. The van der Waals surface area contributed by atoms with E-state index in [1.807, 2.05) is 33.8 Å². The molecule has 0 aliphatic carbocycles. The number of carbonyl (C=O) groups is 1. The largest absolute Gasteiger partial charge is 0.478 e. The summed E-state index contributed by atoms with van der Waals surface area (Å²) in [7, 11) is 0. The zero-order chi connectivity index (χ0) is 14.9. The SMILES string of the molecule is Cc1occc1Sc1cc(C(=O)O)cc(C(C)(C)C)n1. The van der Waals surface area contributed by atoms with Crippen LogP contribution in [-0.2, 0) is 5.41 Å². The van der Waals surface area contributed by atoms with E-state index in [0.717, 1.165) is 16.3 Å². The molecule has 4 nitrogen and oxygen atoms in total. The Kier molecular flexibility index (Phi) is 3.90. The number of carboxylic acids is 1. The zero-order valence-corrected chi connectivity index (χ0v) is 12.7. The Morgan fingerprint density at radius 2 is 2.05 bits per heavy atom. The predicted molar refractivity (Wildman–Crippen MR) is 77.5 cm³/mol. The van der Waals surface area contributed by atoms with Crippen LogP contribution in [0.15, 0.2) is 38.8 Å². The predicted octanol–water partition coefficient (Wildman–Crippen LogP) is 4.13. The summed E-state index contributed by atoms with van der Waals surface area (Å²) in [4.78, 5) is 16.8. The molecule has 0 atom stereocenters. The van der Waals surface area contributed by atoms with Gasteiger partial charge in [0.1, 0.15) is 10.8 Å². The lowest BCUT2D eigenvalue weighted by atomic mass is 9.91. The summed E-state index contributed by atoms with van der Waals surface area (Å²) >= 11 is 1.41. The quantitative estimate of drug-likeness (QED) is 0.921. The second kappa shape index (κ2) is 5.32. The van der Waals surface area contributed by atoms with Crippen molar-refractivity contribution in [3.63, 3.8) is 0 Å². The van der Waals surface area contributed by atoms with Crippen molar-refractivity contribution < 1.29 is 14.3 Å². The Bertz CT molecular complexity index is 641. The van der Waals surface area contributed by atoms with E-state index < -0.39 is 5.97 Å². The van der Waals surface area contributed by atoms with Crippen molar-refractivity contribution in [3.8, 4) is 0 Å². The van der Waals surface area contributed by atoms with Crippen LogP contribution in [0.25, 0.3) is 0 Å². The van der Waals surface area contributed by atoms with E-state index in [1.165, 1.54) is 11.8 Å². The van der Waals surface area contributed by atoms with Crippen LogP contribution in [-0.4, -0.2) is 16.1 Å². The minimum absolute atomic E-state index is 0.202. The summed E-state index contributed by atoms with van der Waals surface area (Å²) in [5.41, 5.74) is 0.821. The van der Waals surface area contributed by atoms with Crippen LogP contribution < -0.4 is 0 Å². The van der Waals surface area contributed by atoms with Gasteiger partial charge in [0.15, 0.2) is 0 Å². The summed E-state index contributed by atoms with van der Waals surface area (Å²) in [5, 5.41) is 9.89. The Morgan fingerprint density at radius 1 is 1.35 bits per heavy atom. The number of aryl methyl sites for hydroxylation is 1. The molecule has 20 heavy (non-hydrogen) atoms. The molecule has 0 aliphatic heterocycles. The molecule has 0 aliphatic rings. The van der Waals surface area contributed by atoms with E-state index in [1.54, 1.807) is 18.4 Å². The van der Waals surface area contributed by atoms with E-state index in [-0.39, 0.29) is 11.0 Å². The molecule has 0 amide bonds. The van der Waals surface area contributed by atoms with Gasteiger partial charge in [-0.3, -0.25) is 0 Å². The Labute approximate surface area is 122 Å². The average molecular weight is 291 g/mol. The number of pyridine rings is 1. The lowest BCUT2D eigenvalue weighted by Gasteiger charge is -2.19. The van der Waals surface area contributed by atoms with Gasteiger partial charge in [-0.2, -0.15) is 0 Å². The number of carboxylic acid groups (broad SMARTS) is 1. The molecule has 0 bridgehead atoms. The second-order valence-corrected chi connectivity index (χ2v) is 6.64. The van der Waals surface area contributed by atoms with E-state index in [9.17, 15) is 9.90 Å². The van der Waals surface area contributed by atoms with Gasteiger partial charge in [0.25, 0.3) is 0 Å². The molecule has 0 fully saturated rings. The van der Waals surface area contributed by atoms with Crippen LogP contribution in [0.1, 0.15) is 42.6 Å². The van der Waals surface area contributed by atoms with Crippen LogP contribution >= 0.6 is 11.8 Å². The Balaban J connectivity index is 2.45. The van der Waals surface area contributed by atoms with Crippen molar-refractivity contribution in [1.82, 2.24) is 4.98 Å². The lowest BCUT2D eigenvalue weighted by molar-refractivity contribution is 0.0696. The highest BCUT2D eigenvalue weighted by atomic mass is 32.2. The third-order valence-electron chi connectivity index (χ3n) is 2.84. The molecule has 0 radical (unpaired) electrons. The maximum Gasteiger partial charge on any atom is 0.335 e. The van der Waals surface area contributed by atoms with Crippen LogP contribution in [0, 0.1) is 6.92 Å². The Morgan fingerprint density at radius 3 is 2.55 bits per heavy atom. The molecule has 0 spiro atoms. The molecule has 2 aromatic rings. The molecule has 0 aromatic carbocycles. The molecule has 0 saturated heterocycles. The van der Waals surface area contributed by atoms with Crippen LogP contribution in [0.4, 0.5) is 0 Å². The summed E-state index contributed by atoms with van der Waals surface area (Å²) in [6, 6.07) is 5.08. The first-order valence-corrected chi connectivity index (χ1v) is 7.07. The van der Waals surface area contributed by atoms with Crippen molar-refractivity contribution in [2.75, 3.05) is 0 Å². The van der Waals surface area contributed by atoms with Gasteiger partial charge in [-0.1, -0.05) is 32.5 Å². The normalized spacial score (nSPS) is 11.6. The van der Waals surface area contributed by atoms with Gasteiger partial charge >= 0.3 is 5.97 Å². The first-order chi connectivity index (χ1) is 9.27. The molecule has 2 rings (SSSR count). The topological polar surface area (TPSA) is 63.3 Å². The van der Waals surface area contributed by atoms with E-state index in [4.69, 9.17) is 4.42 Å². The molecular weight excluding hydrogens is 274 g/mol. The summed E-state index contributed by atoms with van der Waals surface area (Å²) in [5.74, 6) is -0.140. The first kappa shape index (κ1) is 14.7.